The van der Waals surface area contributed by atoms with E-state index in [1.54, 1.807) is 18.2 Å². The van der Waals surface area contributed by atoms with Gasteiger partial charge < -0.3 is 9.84 Å². The second-order valence-electron chi connectivity index (χ2n) is 4.41. The lowest BCUT2D eigenvalue weighted by molar-refractivity contribution is -0.137. The van der Waals surface area contributed by atoms with Crippen LogP contribution in [0.5, 0.6) is 5.75 Å². The Morgan fingerprint density at radius 1 is 1.00 bits per heavy atom. The summed E-state index contributed by atoms with van der Waals surface area (Å²) in [5.74, 6) is 0.562. The van der Waals surface area contributed by atoms with Gasteiger partial charge in [-0.15, -0.1) is 0 Å². The van der Waals surface area contributed by atoms with Gasteiger partial charge in [0.25, 0.3) is 0 Å². The standard InChI is InChI=1S/C15H12BrF3O2/c16-13-7-11(8-20)3-6-14(13)21-9-10-1-4-12(5-2-10)15(17,18)19/h1-7,20H,8-9H2. The maximum absolute atomic E-state index is 12.4. The van der Waals surface area contributed by atoms with Gasteiger partial charge in [0, 0.05) is 0 Å². The van der Waals surface area contributed by atoms with E-state index in [1.165, 1.54) is 12.1 Å². The second kappa shape index (κ2) is 6.49. The molecule has 6 heteroatoms. The summed E-state index contributed by atoms with van der Waals surface area (Å²) in [6, 6.07) is 9.97. The highest BCUT2D eigenvalue weighted by Gasteiger charge is 2.29. The lowest BCUT2D eigenvalue weighted by atomic mass is 10.1. The first-order valence-corrected chi connectivity index (χ1v) is 6.87. The zero-order valence-corrected chi connectivity index (χ0v) is 12.4. The molecule has 2 nitrogen and oxygen atoms in total. The largest absolute Gasteiger partial charge is 0.488 e. The van der Waals surface area contributed by atoms with E-state index >= 15 is 0 Å². The fraction of sp³-hybridized carbons (Fsp3) is 0.200. The Balaban J connectivity index is 2.03. The molecular weight excluding hydrogens is 349 g/mol. The minimum Gasteiger partial charge on any atom is -0.488 e. The fourth-order valence-electron chi connectivity index (χ4n) is 1.71. The molecule has 0 bridgehead atoms. The molecule has 2 aromatic carbocycles. The number of ether oxygens (including phenoxy) is 1. The summed E-state index contributed by atoms with van der Waals surface area (Å²) in [6.07, 6.45) is -4.33. The summed E-state index contributed by atoms with van der Waals surface area (Å²) in [5.41, 5.74) is 0.699. The third kappa shape index (κ3) is 4.22. The first kappa shape index (κ1) is 15.9. The van der Waals surface area contributed by atoms with Crippen LogP contribution in [0.15, 0.2) is 46.9 Å². The predicted molar refractivity (Wildman–Crippen MR) is 75.8 cm³/mol. The first-order chi connectivity index (χ1) is 9.90. The number of aliphatic hydroxyl groups excluding tert-OH is 1. The molecule has 0 unspecified atom stereocenters. The van der Waals surface area contributed by atoms with Gasteiger partial charge in [0.2, 0.25) is 0 Å². The van der Waals surface area contributed by atoms with Crippen LogP contribution in [-0.4, -0.2) is 5.11 Å². The van der Waals surface area contributed by atoms with Gasteiger partial charge in [0.15, 0.2) is 0 Å². The number of alkyl halides is 3. The average molecular weight is 361 g/mol. The van der Waals surface area contributed by atoms with Gasteiger partial charge in [-0.05, 0) is 51.3 Å². The summed E-state index contributed by atoms with van der Waals surface area (Å²) >= 11 is 3.31. The highest BCUT2D eigenvalue weighted by atomic mass is 79.9. The van der Waals surface area contributed by atoms with Gasteiger partial charge >= 0.3 is 6.18 Å². The lowest BCUT2D eigenvalue weighted by Gasteiger charge is -2.10. The van der Waals surface area contributed by atoms with E-state index in [0.29, 0.717) is 15.8 Å². The number of hydrogen-bond donors (Lipinski definition) is 1. The van der Waals surface area contributed by atoms with Crippen LogP contribution in [0.4, 0.5) is 13.2 Å². The maximum atomic E-state index is 12.4. The van der Waals surface area contributed by atoms with Crippen LogP contribution < -0.4 is 4.74 Å². The molecule has 112 valence electrons. The molecular formula is C15H12BrF3O2. The molecule has 0 amide bonds. The zero-order valence-electron chi connectivity index (χ0n) is 10.8. The van der Waals surface area contributed by atoms with Crippen molar-refractivity contribution >= 4 is 15.9 Å². The van der Waals surface area contributed by atoms with Crippen LogP contribution in [0.3, 0.4) is 0 Å². The Hall–Kier alpha value is -1.53. The summed E-state index contributed by atoms with van der Waals surface area (Å²) in [5, 5.41) is 9.00. The number of benzene rings is 2. The number of halogens is 4. The van der Waals surface area contributed by atoms with Crippen molar-refractivity contribution < 1.29 is 23.0 Å². The van der Waals surface area contributed by atoms with Gasteiger partial charge in [-0.2, -0.15) is 13.2 Å². The van der Waals surface area contributed by atoms with Gasteiger partial charge in [-0.3, -0.25) is 0 Å². The van der Waals surface area contributed by atoms with Gasteiger partial charge in [-0.25, -0.2) is 0 Å². The van der Waals surface area contributed by atoms with Crippen LogP contribution in [0, 0.1) is 0 Å². The molecule has 0 atom stereocenters. The Labute approximate surface area is 128 Å². The Bertz CT molecular complexity index is 609. The number of hydrogen-bond acceptors (Lipinski definition) is 2. The molecule has 2 aromatic rings. The quantitative estimate of drug-likeness (QED) is 0.867. The van der Waals surface area contributed by atoms with Crippen molar-refractivity contribution in [3.63, 3.8) is 0 Å². The van der Waals surface area contributed by atoms with Crippen LogP contribution in [0.25, 0.3) is 0 Å². The second-order valence-corrected chi connectivity index (χ2v) is 5.26. The maximum Gasteiger partial charge on any atom is 0.416 e. The molecule has 0 heterocycles. The minimum absolute atomic E-state index is 0.0716. The molecule has 0 aliphatic heterocycles. The van der Waals surface area contributed by atoms with Gasteiger partial charge in [-0.1, -0.05) is 18.2 Å². The van der Waals surface area contributed by atoms with Crippen molar-refractivity contribution in [1.29, 1.82) is 0 Å². The van der Waals surface area contributed by atoms with E-state index in [0.717, 1.165) is 17.7 Å². The van der Waals surface area contributed by atoms with E-state index in [9.17, 15) is 13.2 Å². The zero-order chi connectivity index (χ0) is 15.5. The average Bonchev–Trinajstić information content (AvgIpc) is 2.45. The molecule has 2 rings (SSSR count). The fourth-order valence-corrected chi connectivity index (χ4v) is 2.25. The third-order valence-electron chi connectivity index (χ3n) is 2.85. The lowest BCUT2D eigenvalue weighted by Crippen LogP contribution is -2.05. The van der Waals surface area contributed by atoms with Gasteiger partial charge in [0.05, 0.1) is 16.6 Å². The van der Waals surface area contributed by atoms with Crippen LogP contribution in [-0.2, 0) is 19.4 Å². The highest BCUT2D eigenvalue weighted by Crippen LogP contribution is 2.30. The summed E-state index contributed by atoms with van der Waals surface area (Å²) in [7, 11) is 0. The molecule has 0 aromatic heterocycles. The summed E-state index contributed by atoms with van der Waals surface area (Å²) < 4.78 is 43.5. The van der Waals surface area contributed by atoms with E-state index in [4.69, 9.17) is 9.84 Å². The Kier molecular flexibility index (Phi) is 4.90. The van der Waals surface area contributed by atoms with Crippen molar-refractivity contribution in [1.82, 2.24) is 0 Å². The molecule has 0 radical (unpaired) electrons. The third-order valence-corrected chi connectivity index (χ3v) is 3.47. The summed E-state index contributed by atoms with van der Waals surface area (Å²) in [4.78, 5) is 0. The van der Waals surface area contributed by atoms with Crippen molar-refractivity contribution in [3.8, 4) is 5.75 Å². The van der Waals surface area contributed by atoms with Crippen molar-refractivity contribution in [2.24, 2.45) is 0 Å². The Morgan fingerprint density at radius 3 is 2.14 bits per heavy atom. The van der Waals surface area contributed by atoms with E-state index in [-0.39, 0.29) is 13.2 Å². The first-order valence-electron chi connectivity index (χ1n) is 6.08. The summed E-state index contributed by atoms with van der Waals surface area (Å²) in [6.45, 7) is 0.0903. The monoisotopic (exact) mass is 360 g/mol. The van der Waals surface area contributed by atoms with E-state index < -0.39 is 11.7 Å². The molecule has 0 fully saturated rings. The van der Waals surface area contributed by atoms with E-state index in [2.05, 4.69) is 15.9 Å². The molecule has 0 saturated heterocycles. The number of rotatable bonds is 4. The van der Waals surface area contributed by atoms with Crippen LogP contribution >= 0.6 is 15.9 Å². The molecule has 0 aliphatic rings. The molecule has 0 saturated carbocycles. The molecule has 0 spiro atoms. The Morgan fingerprint density at radius 2 is 1.62 bits per heavy atom. The highest BCUT2D eigenvalue weighted by molar-refractivity contribution is 9.10. The topological polar surface area (TPSA) is 29.5 Å². The SMILES string of the molecule is OCc1ccc(OCc2ccc(C(F)(F)F)cc2)c(Br)c1. The predicted octanol–water partition coefficient (Wildman–Crippen LogP) is 4.54. The van der Waals surface area contributed by atoms with Crippen LogP contribution in [0.2, 0.25) is 0 Å². The smallest absolute Gasteiger partial charge is 0.416 e. The van der Waals surface area contributed by atoms with Crippen molar-refractivity contribution in [3.05, 3.63) is 63.6 Å². The van der Waals surface area contributed by atoms with Crippen LogP contribution in [0.1, 0.15) is 16.7 Å². The number of aliphatic hydroxyl groups is 1. The van der Waals surface area contributed by atoms with Gasteiger partial charge in [0.1, 0.15) is 12.4 Å². The van der Waals surface area contributed by atoms with E-state index in [1.807, 2.05) is 0 Å². The molecule has 21 heavy (non-hydrogen) atoms. The molecule has 0 aliphatic carbocycles. The van der Waals surface area contributed by atoms with Crippen molar-refractivity contribution in [2.45, 2.75) is 19.4 Å². The normalized spacial score (nSPS) is 11.5. The molecule has 1 N–H and O–H groups in total. The van der Waals surface area contributed by atoms with Crippen molar-refractivity contribution in [2.75, 3.05) is 0 Å². The minimum atomic E-state index is -4.33.